The van der Waals surface area contributed by atoms with Crippen LogP contribution in [0.25, 0.3) is 0 Å². The molecule has 0 bridgehead atoms. The molecule has 3 heteroatoms. The number of aromatic nitrogens is 2. The van der Waals surface area contributed by atoms with Crippen LogP contribution in [0.15, 0.2) is 0 Å². The van der Waals surface area contributed by atoms with Gasteiger partial charge in [0.15, 0.2) is 0 Å². The molecule has 2 aliphatic carbocycles. The molecule has 1 N–H and O–H groups in total. The minimum atomic E-state index is 0.626. The van der Waals surface area contributed by atoms with Gasteiger partial charge in [-0.05, 0) is 31.6 Å². The van der Waals surface area contributed by atoms with Crippen LogP contribution >= 0.6 is 0 Å². The topological polar surface area (TPSA) is 37.8 Å². The number of hydrogen-bond acceptors (Lipinski definition) is 3. The molecule has 0 radical (unpaired) electrons. The van der Waals surface area contributed by atoms with Crippen LogP contribution < -0.4 is 5.32 Å². The van der Waals surface area contributed by atoms with Crippen molar-refractivity contribution in [3.05, 3.63) is 22.8 Å². The Hall–Kier alpha value is -0.960. The van der Waals surface area contributed by atoms with Crippen molar-refractivity contribution in [1.29, 1.82) is 0 Å². The van der Waals surface area contributed by atoms with E-state index in [-0.39, 0.29) is 0 Å². The van der Waals surface area contributed by atoms with Gasteiger partial charge in [-0.2, -0.15) is 0 Å². The largest absolute Gasteiger partial charge is 0.312 e. The van der Waals surface area contributed by atoms with Gasteiger partial charge in [0.25, 0.3) is 0 Å². The number of rotatable bonds is 3. The van der Waals surface area contributed by atoms with Crippen LogP contribution in [0.2, 0.25) is 0 Å². The molecule has 0 saturated heterocycles. The van der Waals surface area contributed by atoms with E-state index in [2.05, 4.69) is 12.2 Å². The standard InChI is InChI=1S/C18H27N3/c1-2-12-4-3-5-14(10-12)18-20-16-8-9-19-11-15(16)17(21-18)13-6-7-13/h12-14,19H,2-11H2,1H3. The Morgan fingerprint density at radius 1 is 1.10 bits per heavy atom. The van der Waals surface area contributed by atoms with E-state index < -0.39 is 0 Å². The zero-order valence-corrected chi connectivity index (χ0v) is 13.2. The van der Waals surface area contributed by atoms with E-state index in [4.69, 9.17) is 9.97 Å². The smallest absolute Gasteiger partial charge is 0.131 e. The average Bonchev–Trinajstić information content (AvgIpc) is 3.38. The van der Waals surface area contributed by atoms with E-state index in [0.29, 0.717) is 5.92 Å². The van der Waals surface area contributed by atoms with Gasteiger partial charge in [0.2, 0.25) is 0 Å². The molecular formula is C18H27N3. The van der Waals surface area contributed by atoms with Gasteiger partial charge in [-0.3, -0.25) is 0 Å². The lowest BCUT2D eigenvalue weighted by Gasteiger charge is -2.29. The molecule has 2 fully saturated rings. The molecule has 1 aromatic heterocycles. The third-order valence-electron chi connectivity index (χ3n) is 5.67. The minimum Gasteiger partial charge on any atom is -0.312 e. The first kappa shape index (κ1) is 13.7. The molecule has 2 unspecified atom stereocenters. The fourth-order valence-electron chi connectivity index (χ4n) is 4.16. The summed E-state index contributed by atoms with van der Waals surface area (Å²) < 4.78 is 0. The van der Waals surface area contributed by atoms with Gasteiger partial charge < -0.3 is 5.32 Å². The molecule has 3 nitrogen and oxygen atoms in total. The monoisotopic (exact) mass is 285 g/mol. The van der Waals surface area contributed by atoms with Crippen molar-refractivity contribution in [3.8, 4) is 0 Å². The summed E-state index contributed by atoms with van der Waals surface area (Å²) in [6.45, 7) is 4.40. The Balaban J connectivity index is 1.67. The molecule has 114 valence electrons. The van der Waals surface area contributed by atoms with E-state index in [1.807, 2.05) is 0 Å². The summed E-state index contributed by atoms with van der Waals surface area (Å²) in [5, 5.41) is 3.50. The highest BCUT2D eigenvalue weighted by molar-refractivity contribution is 5.33. The molecule has 21 heavy (non-hydrogen) atoms. The van der Waals surface area contributed by atoms with Crippen LogP contribution in [0.1, 0.15) is 86.5 Å². The summed E-state index contributed by atoms with van der Waals surface area (Å²) in [5.41, 5.74) is 4.20. The van der Waals surface area contributed by atoms with Gasteiger partial charge in [-0.25, -0.2) is 9.97 Å². The van der Waals surface area contributed by atoms with Gasteiger partial charge in [-0.15, -0.1) is 0 Å². The quantitative estimate of drug-likeness (QED) is 0.920. The second-order valence-corrected chi connectivity index (χ2v) is 7.23. The summed E-state index contributed by atoms with van der Waals surface area (Å²) in [6.07, 6.45) is 10.5. The number of hydrogen-bond donors (Lipinski definition) is 1. The lowest BCUT2D eigenvalue weighted by atomic mass is 9.79. The molecule has 3 aliphatic rings. The zero-order valence-electron chi connectivity index (χ0n) is 13.2. The van der Waals surface area contributed by atoms with E-state index in [9.17, 15) is 0 Å². The van der Waals surface area contributed by atoms with Gasteiger partial charge in [0.05, 0.1) is 11.4 Å². The number of nitrogens with one attached hydrogen (secondary N) is 1. The number of fused-ring (bicyclic) bond motifs is 1. The van der Waals surface area contributed by atoms with Crippen LogP contribution in [0, 0.1) is 5.92 Å². The van der Waals surface area contributed by atoms with E-state index in [1.165, 1.54) is 67.7 Å². The normalized spacial score (nSPS) is 29.2. The van der Waals surface area contributed by atoms with Crippen molar-refractivity contribution in [3.63, 3.8) is 0 Å². The Kier molecular flexibility index (Phi) is 3.70. The fourth-order valence-corrected chi connectivity index (χ4v) is 4.16. The molecule has 0 spiro atoms. The fraction of sp³-hybridized carbons (Fsp3) is 0.778. The van der Waals surface area contributed by atoms with Crippen molar-refractivity contribution in [2.75, 3.05) is 6.54 Å². The van der Waals surface area contributed by atoms with Crippen LogP contribution in [0.3, 0.4) is 0 Å². The molecule has 2 saturated carbocycles. The van der Waals surface area contributed by atoms with Crippen LogP contribution in [-0.2, 0) is 13.0 Å². The third kappa shape index (κ3) is 2.73. The van der Waals surface area contributed by atoms with Crippen molar-refractivity contribution in [2.45, 2.75) is 76.7 Å². The minimum absolute atomic E-state index is 0.626. The SMILES string of the molecule is CCC1CCCC(c2nc3c(c(C4CC4)n2)CNCC3)C1. The van der Waals surface area contributed by atoms with Crippen molar-refractivity contribution in [1.82, 2.24) is 15.3 Å². The number of nitrogens with zero attached hydrogens (tertiary/aromatic N) is 2. The highest BCUT2D eigenvalue weighted by atomic mass is 15.0. The molecule has 0 aromatic carbocycles. The Labute approximate surface area is 128 Å². The summed E-state index contributed by atoms with van der Waals surface area (Å²) >= 11 is 0. The van der Waals surface area contributed by atoms with Crippen molar-refractivity contribution < 1.29 is 0 Å². The maximum atomic E-state index is 5.09. The van der Waals surface area contributed by atoms with Crippen LogP contribution in [-0.4, -0.2) is 16.5 Å². The van der Waals surface area contributed by atoms with Crippen molar-refractivity contribution in [2.24, 2.45) is 5.92 Å². The van der Waals surface area contributed by atoms with Gasteiger partial charge >= 0.3 is 0 Å². The summed E-state index contributed by atoms with van der Waals surface area (Å²) in [6, 6.07) is 0. The maximum absolute atomic E-state index is 5.09. The van der Waals surface area contributed by atoms with Gasteiger partial charge in [-0.1, -0.05) is 26.2 Å². The molecule has 2 heterocycles. The summed E-state index contributed by atoms with van der Waals surface area (Å²) in [4.78, 5) is 10.1. The predicted octanol–water partition coefficient (Wildman–Crippen LogP) is 3.68. The van der Waals surface area contributed by atoms with Crippen molar-refractivity contribution >= 4 is 0 Å². The average molecular weight is 285 g/mol. The molecule has 1 aromatic rings. The first-order valence-corrected chi connectivity index (χ1v) is 8.95. The van der Waals surface area contributed by atoms with Gasteiger partial charge in [0, 0.05) is 36.9 Å². The van der Waals surface area contributed by atoms with Crippen LogP contribution in [0.5, 0.6) is 0 Å². The first-order chi connectivity index (χ1) is 10.3. The summed E-state index contributed by atoms with van der Waals surface area (Å²) in [5.74, 6) is 3.46. The van der Waals surface area contributed by atoms with E-state index in [1.54, 1.807) is 0 Å². The lowest BCUT2D eigenvalue weighted by molar-refractivity contribution is 0.306. The molecule has 0 amide bonds. The maximum Gasteiger partial charge on any atom is 0.131 e. The molecule has 1 aliphatic heterocycles. The van der Waals surface area contributed by atoms with E-state index >= 15 is 0 Å². The van der Waals surface area contributed by atoms with E-state index in [0.717, 1.165) is 31.3 Å². The zero-order chi connectivity index (χ0) is 14.2. The first-order valence-electron chi connectivity index (χ1n) is 8.95. The predicted molar refractivity (Wildman–Crippen MR) is 84.4 cm³/mol. The third-order valence-corrected chi connectivity index (χ3v) is 5.67. The second kappa shape index (κ2) is 5.68. The highest BCUT2D eigenvalue weighted by Gasteiger charge is 2.32. The summed E-state index contributed by atoms with van der Waals surface area (Å²) in [7, 11) is 0. The van der Waals surface area contributed by atoms with Gasteiger partial charge in [0.1, 0.15) is 5.82 Å². The van der Waals surface area contributed by atoms with Crippen LogP contribution in [0.4, 0.5) is 0 Å². The highest BCUT2D eigenvalue weighted by Crippen LogP contribution is 2.43. The molecule has 2 atom stereocenters. The molecular weight excluding hydrogens is 258 g/mol. The Morgan fingerprint density at radius 3 is 2.81 bits per heavy atom. The second-order valence-electron chi connectivity index (χ2n) is 7.23. The Morgan fingerprint density at radius 2 is 2.00 bits per heavy atom. The molecule has 4 rings (SSSR count). The Bertz CT molecular complexity index is 521. The lowest BCUT2D eigenvalue weighted by Crippen LogP contribution is -2.28.